The van der Waals surface area contributed by atoms with Crippen molar-refractivity contribution in [1.82, 2.24) is 15.0 Å². The minimum absolute atomic E-state index is 0.0346. The van der Waals surface area contributed by atoms with Crippen LogP contribution in [0.15, 0.2) is 24.4 Å². The molecule has 1 aliphatic rings. The molecule has 2 N–H and O–H groups in total. The zero-order valence-electron chi connectivity index (χ0n) is 12.0. The van der Waals surface area contributed by atoms with Crippen molar-refractivity contribution in [2.75, 3.05) is 17.2 Å². The van der Waals surface area contributed by atoms with Crippen LogP contribution in [0.3, 0.4) is 0 Å². The van der Waals surface area contributed by atoms with Gasteiger partial charge in [0.05, 0.1) is 12.8 Å². The zero-order chi connectivity index (χ0) is 15.5. The van der Waals surface area contributed by atoms with Crippen LogP contribution in [-0.4, -0.2) is 33.4 Å². The summed E-state index contributed by atoms with van der Waals surface area (Å²) in [6.45, 7) is 2.02. The summed E-state index contributed by atoms with van der Waals surface area (Å²) in [5, 5.41) is 13.2. The van der Waals surface area contributed by atoms with Crippen LogP contribution >= 0.6 is 0 Å². The van der Waals surface area contributed by atoms with Gasteiger partial charge in [-0.05, 0) is 23.8 Å². The van der Waals surface area contributed by atoms with E-state index in [1.54, 1.807) is 6.07 Å². The Morgan fingerprint density at radius 1 is 1.36 bits per heavy atom. The number of aromatic nitrogens is 3. The second-order valence-electron chi connectivity index (χ2n) is 4.91. The number of ether oxygens (including phenoxy) is 1. The molecule has 0 aliphatic carbocycles. The first-order chi connectivity index (χ1) is 10.6. The van der Waals surface area contributed by atoms with Gasteiger partial charge in [0, 0.05) is 19.0 Å². The molecule has 8 heteroatoms. The number of nitrogens with one attached hydrogen (secondary N) is 2. The molecule has 0 spiro atoms. The van der Waals surface area contributed by atoms with Crippen LogP contribution in [0.1, 0.15) is 12.5 Å². The largest absolute Gasteiger partial charge is 0.493 e. The molecule has 2 heterocycles. The third-order valence-corrected chi connectivity index (χ3v) is 3.10. The number of benzene rings is 1. The number of anilines is 2. The van der Waals surface area contributed by atoms with Gasteiger partial charge in [-0.15, -0.1) is 5.10 Å². The van der Waals surface area contributed by atoms with E-state index < -0.39 is 0 Å². The summed E-state index contributed by atoms with van der Waals surface area (Å²) in [5.41, 5.74) is 1.80. The Hall–Kier alpha value is -2.90. The first kappa shape index (κ1) is 14.1. The minimum Gasteiger partial charge on any atom is -0.493 e. The van der Waals surface area contributed by atoms with Gasteiger partial charge in [-0.2, -0.15) is 9.90 Å². The second-order valence-corrected chi connectivity index (χ2v) is 4.91. The van der Waals surface area contributed by atoms with E-state index in [9.17, 15) is 9.59 Å². The second kappa shape index (κ2) is 5.84. The molecule has 0 atom stereocenters. The maximum atomic E-state index is 12.0. The highest BCUT2D eigenvalue weighted by Crippen LogP contribution is 2.27. The number of hydrogen-bond donors (Lipinski definition) is 2. The van der Waals surface area contributed by atoms with Gasteiger partial charge in [-0.25, -0.2) is 0 Å². The third-order valence-electron chi connectivity index (χ3n) is 3.10. The Morgan fingerprint density at radius 3 is 3.05 bits per heavy atom. The molecule has 1 aromatic carbocycles. The van der Waals surface area contributed by atoms with E-state index in [2.05, 4.69) is 20.8 Å². The summed E-state index contributed by atoms with van der Waals surface area (Å²) in [4.78, 5) is 24.1. The van der Waals surface area contributed by atoms with Crippen LogP contribution in [-0.2, 0) is 22.6 Å². The lowest BCUT2D eigenvalue weighted by Crippen LogP contribution is -2.20. The fourth-order valence-electron chi connectivity index (χ4n) is 2.20. The molecule has 0 saturated carbocycles. The normalized spacial score (nSPS) is 12.4. The Morgan fingerprint density at radius 2 is 2.23 bits per heavy atom. The van der Waals surface area contributed by atoms with Crippen LogP contribution in [0, 0.1) is 0 Å². The Labute approximate surface area is 126 Å². The maximum Gasteiger partial charge on any atom is 0.247 e. The van der Waals surface area contributed by atoms with Gasteiger partial charge in [-0.1, -0.05) is 0 Å². The van der Waals surface area contributed by atoms with Gasteiger partial charge in [0.15, 0.2) is 5.82 Å². The molecule has 8 nitrogen and oxygen atoms in total. The molecular formula is C14H15N5O3. The summed E-state index contributed by atoms with van der Waals surface area (Å²) < 4.78 is 5.42. The molecule has 0 fully saturated rings. The van der Waals surface area contributed by atoms with Gasteiger partial charge in [0.25, 0.3) is 0 Å². The maximum absolute atomic E-state index is 12.0. The standard InChI is InChI=1S/C14H15N5O3/c1-9(20)16-13-7-15-19(18-13)8-14(21)17-11-2-3-12-10(6-11)4-5-22-12/h2-3,6-7H,4-5,8H2,1H3,(H,17,21)(H,16,18,20). The predicted octanol–water partition coefficient (Wildman–Crippen LogP) is 0.810. The molecule has 0 bridgehead atoms. The number of rotatable bonds is 4. The molecule has 3 rings (SSSR count). The van der Waals surface area contributed by atoms with E-state index in [0.29, 0.717) is 18.1 Å². The van der Waals surface area contributed by atoms with Crippen molar-refractivity contribution >= 4 is 23.3 Å². The summed E-state index contributed by atoms with van der Waals surface area (Å²) in [5.74, 6) is 0.697. The molecule has 1 aromatic heterocycles. The molecule has 2 aromatic rings. The number of hydrogen-bond acceptors (Lipinski definition) is 5. The zero-order valence-corrected chi connectivity index (χ0v) is 12.0. The van der Waals surface area contributed by atoms with Crippen molar-refractivity contribution < 1.29 is 14.3 Å². The first-order valence-electron chi connectivity index (χ1n) is 6.83. The Balaban J connectivity index is 1.60. The van der Waals surface area contributed by atoms with E-state index in [-0.39, 0.29) is 18.4 Å². The lowest BCUT2D eigenvalue weighted by molar-refractivity contribution is -0.117. The topological polar surface area (TPSA) is 98.1 Å². The molecule has 0 unspecified atom stereocenters. The van der Waals surface area contributed by atoms with Crippen LogP contribution in [0.25, 0.3) is 0 Å². The number of fused-ring (bicyclic) bond motifs is 1. The quantitative estimate of drug-likeness (QED) is 0.871. The Bertz CT molecular complexity index is 725. The molecular weight excluding hydrogens is 286 g/mol. The third kappa shape index (κ3) is 3.22. The number of carbonyl (C=O) groups is 2. The van der Waals surface area contributed by atoms with Gasteiger partial charge >= 0.3 is 0 Å². The van der Waals surface area contributed by atoms with E-state index in [4.69, 9.17) is 4.74 Å². The first-order valence-corrected chi connectivity index (χ1v) is 6.83. The summed E-state index contributed by atoms with van der Waals surface area (Å²) >= 11 is 0. The molecule has 1 aliphatic heterocycles. The average Bonchev–Trinajstić information content (AvgIpc) is 3.06. The molecule has 22 heavy (non-hydrogen) atoms. The van der Waals surface area contributed by atoms with Gasteiger partial charge in [0.2, 0.25) is 11.8 Å². The van der Waals surface area contributed by atoms with E-state index in [1.807, 2.05) is 12.1 Å². The van der Waals surface area contributed by atoms with Crippen molar-refractivity contribution in [3.05, 3.63) is 30.0 Å². The van der Waals surface area contributed by atoms with Crippen molar-refractivity contribution in [1.29, 1.82) is 0 Å². The van der Waals surface area contributed by atoms with Gasteiger partial charge < -0.3 is 15.4 Å². The van der Waals surface area contributed by atoms with Crippen molar-refractivity contribution in [2.45, 2.75) is 19.9 Å². The number of amides is 2. The van der Waals surface area contributed by atoms with Gasteiger partial charge in [-0.3, -0.25) is 9.59 Å². The van der Waals surface area contributed by atoms with E-state index in [0.717, 1.165) is 17.7 Å². The molecule has 2 amide bonds. The number of nitrogens with zero attached hydrogens (tertiary/aromatic N) is 3. The highest BCUT2D eigenvalue weighted by Gasteiger charge is 2.13. The average molecular weight is 301 g/mol. The number of carbonyl (C=O) groups excluding carboxylic acids is 2. The summed E-state index contributed by atoms with van der Waals surface area (Å²) in [6, 6.07) is 5.54. The van der Waals surface area contributed by atoms with Crippen molar-refractivity contribution in [3.8, 4) is 5.75 Å². The molecule has 114 valence electrons. The van der Waals surface area contributed by atoms with E-state index in [1.165, 1.54) is 17.9 Å². The van der Waals surface area contributed by atoms with Crippen LogP contribution in [0.2, 0.25) is 0 Å². The molecule has 0 radical (unpaired) electrons. The highest BCUT2D eigenvalue weighted by molar-refractivity contribution is 5.90. The lowest BCUT2D eigenvalue weighted by atomic mass is 10.1. The fraction of sp³-hybridized carbons (Fsp3) is 0.286. The van der Waals surface area contributed by atoms with E-state index >= 15 is 0 Å². The van der Waals surface area contributed by atoms with Crippen molar-refractivity contribution in [3.63, 3.8) is 0 Å². The minimum atomic E-state index is -0.246. The lowest BCUT2D eigenvalue weighted by Gasteiger charge is -2.06. The fourth-order valence-corrected chi connectivity index (χ4v) is 2.20. The summed E-state index contributed by atoms with van der Waals surface area (Å²) in [6.07, 6.45) is 2.24. The summed E-state index contributed by atoms with van der Waals surface area (Å²) in [7, 11) is 0. The molecule has 0 saturated heterocycles. The predicted molar refractivity (Wildman–Crippen MR) is 78.6 cm³/mol. The van der Waals surface area contributed by atoms with Crippen LogP contribution in [0.5, 0.6) is 5.75 Å². The van der Waals surface area contributed by atoms with Crippen LogP contribution < -0.4 is 15.4 Å². The monoisotopic (exact) mass is 301 g/mol. The SMILES string of the molecule is CC(=O)Nc1cnn(CC(=O)Nc2ccc3c(c2)CCO3)n1. The van der Waals surface area contributed by atoms with Crippen molar-refractivity contribution in [2.24, 2.45) is 0 Å². The highest BCUT2D eigenvalue weighted by atomic mass is 16.5. The smallest absolute Gasteiger partial charge is 0.247 e. The Kier molecular flexibility index (Phi) is 3.73. The van der Waals surface area contributed by atoms with Crippen LogP contribution in [0.4, 0.5) is 11.5 Å². The van der Waals surface area contributed by atoms with Gasteiger partial charge in [0.1, 0.15) is 12.3 Å².